The predicted octanol–water partition coefficient (Wildman–Crippen LogP) is 5.34. The van der Waals surface area contributed by atoms with Gasteiger partial charge in [-0.3, -0.25) is 4.21 Å². The minimum atomic E-state index is -0.888. The number of hydrogen-bond acceptors (Lipinski definition) is 6. The molecule has 0 aromatic heterocycles. The van der Waals surface area contributed by atoms with Gasteiger partial charge in [-0.05, 0) is 85.5 Å². The molecule has 0 amide bonds. The lowest BCUT2D eigenvalue weighted by Crippen LogP contribution is -2.23. The molecule has 4 rings (SSSR count). The Morgan fingerprint density at radius 2 is 1.73 bits per heavy atom. The first-order valence-electron chi connectivity index (χ1n) is 14.5. The van der Waals surface area contributed by atoms with Gasteiger partial charge < -0.3 is 25.4 Å². The van der Waals surface area contributed by atoms with Crippen molar-refractivity contribution >= 4 is 10.8 Å². The van der Waals surface area contributed by atoms with E-state index < -0.39 is 16.9 Å². The SMILES string of the molecule is O=S(c1ccccc1CCCCOCc1cccc(CCNCC(O)c2ccc(O)c(CO)c2)c1)C1CCCC1. The Labute approximate surface area is 240 Å². The van der Waals surface area contributed by atoms with Gasteiger partial charge in [0.05, 0.1) is 30.1 Å². The number of aliphatic hydroxyl groups is 2. The number of aromatic hydroxyl groups is 1. The molecular formula is C33H43NO5S. The molecule has 0 radical (unpaired) electrons. The summed E-state index contributed by atoms with van der Waals surface area (Å²) in [5.74, 6) is 0.0320. The zero-order valence-corrected chi connectivity index (χ0v) is 24.1. The van der Waals surface area contributed by atoms with Crippen LogP contribution in [-0.4, -0.2) is 44.5 Å². The first-order chi connectivity index (χ1) is 19.5. The molecule has 1 aliphatic carbocycles. The third-order valence-corrected chi connectivity index (χ3v) is 9.53. The van der Waals surface area contributed by atoms with Gasteiger partial charge in [-0.2, -0.15) is 0 Å². The molecule has 4 N–H and O–H groups in total. The van der Waals surface area contributed by atoms with E-state index in [4.69, 9.17) is 4.74 Å². The van der Waals surface area contributed by atoms with Crippen molar-refractivity contribution in [2.45, 2.75) is 80.8 Å². The van der Waals surface area contributed by atoms with Crippen LogP contribution in [-0.2, 0) is 41.6 Å². The van der Waals surface area contributed by atoms with Crippen molar-refractivity contribution in [2.75, 3.05) is 19.7 Å². The first-order valence-corrected chi connectivity index (χ1v) is 15.7. The first kappa shape index (κ1) is 30.4. The van der Waals surface area contributed by atoms with E-state index in [1.165, 1.54) is 30.0 Å². The number of rotatable bonds is 16. The van der Waals surface area contributed by atoms with Gasteiger partial charge in [0.1, 0.15) is 5.75 Å². The third-order valence-electron chi connectivity index (χ3n) is 7.63. The number of unbranched alkanes of at least 4 members (excludes halogenated alkanes) is 1. The van der Waals surface area contributed by atoms with Crippen molar-refractivity contribution in [3.8, 4) is 5.75 Å². The van der Waals surface area contributed by atoms with Gasteiger partial charge in [0.2, 0.25) is 0 Å². The fraction of sp³-hybridized carbons (Fsp3) is 0.455. The molecule has 1 aliphatic rings. The summed E-state index contributed by atoms with van der Waals surface area (Å²) in [5.41, 5.74) is 4.65. The molecule has 3 aromatic carbocycles. The molecule has 216 valence electrons. The molecule has 1 saturated carbocycles. The van der Waals surface area contributed by atoms with E-state index in [1.54, 1.807) is 12.1 Å². The van der Waals surface area contributed by atoms with E-state index in [0.717, 1.165) is 55.5 Å². The molecule has 0 saturated heterocycles. The molecule has 7 heteroatoms. The average molecular weight is 566 g/mol. The van der Waals surface area contributed by atoms with Crippen LogP contribution in [0.15, 0.2) is 71.6 Å². The number of nitrogens with one attached hydrogen (secondary N) is 1. The van der Waals surface area contributed by atoms with Crippen molar-refractivity contribution < 1.29 is 24.3 Å². The maximum absolute atomic E-state index is 13.0. The fourth-order valence-electron chi connectivity index (χ4n) is 5.30. The van der Waals surface area contributed by atoms with Crippen LogP contribution in [0.3, 0.4) is 0 Å². The Bertz CT molecular complexity index is 1230. The molecule has 2 atom stereocenters. The molecule has 2 unspecified atom stereocenters. The second kappa shape index (κ2) is 16.0. The zero-order valence-electron chi connectivity index (χ0n) is 23.3. The largest absolute Gasteiger partial charge is 0.508 e. The topological polar surface area (TPSA) is 99.0 Å². The molecule has 40 heavy (non-hydrogen) atoms. The monoisotopic (exact) mass is 565 g/mol. The van der Waals surface area contributed by atoms with E-state index in [2.05, 4.69) is 41.7 Å². The lowest BCUT2D eigenvalue weighted by molar-refractivity contribution is 0.117. The summed E-state index contributed by atoms with van der Waals surface area (Å²) in [6, 6.07) is 21.4. The van der Waals surface area contributed by atoms with Crippen molar-refractivity contribution in [1.29, 1.82) is 0 Å². The van der Waals surface area contributed by atoms with E-state index >= 15 is 0 Å². The summed E-state index contributed by atoms with van der Waals surface area (Å²) in [4.78, 5) is 1.03. The van der Waals surface area contributed by atoms with E-state index in [1.807, 2.05) is 12.1 Å². The Hall–Kier alpha value is -2.55. The molecule has 0 heterocycles. The normalized spacial score (nSPS) is 15.3. The zero-order chi connectivity index (χ0) is 28.2. The van der Waals surface area contributed by atoms with Crippen molar-refractivity contribution in [2.24, 2.45) is 0 Å². The number of ether oxygens (including phenoxy) is 1. The Morgan fingerprint density at radius 1 is 0.925 bits per heavy atom. The number of benzene rings is 3. The Balaban J connectivity index is 1.13. The second-order valence-electron chi connectivity index (χ2n) is 10.7. The van der Waals surface area contributed by atoms with Crippen LogP contribution in [0.25, 0.3) is 0 Å². The number of aliphatic hydroxyl groups excluding tert-OH is 2. The standard InChI is InChI=1S/C33H43NO5S/c35-23-29-21-28(15-16-31(29)36)32(37)22-34-18-17-25-8-7-9-26(20-25)24-39-19-6-5-11-27-10-1-4-14-33(27)40(38)30-12-2-3-13-30/h1,4,7-10,14-16,20-21,30,32,34-37H,2-3,5-6,11-13,17-19,22-24H2. The third kappa shape index (κ3) is 8.98. The lowest BCUT2D eigenvalue weighted by Gasteiger charge is -2.14. The number of hydrogen-bond donors (Lipinski definition) is 4. The van der Waals surface area contributed by atoms with E-state index in [-0.39, 0.29) is 12.4 Å². The molecule has 0 bridgehead atoms. The molecule has 6 nitrogen and oxygen atoms in total. The molecule has 0 spiro atoms. The highest BCUT2D eigenvalue weighted by Gasteiger charge is 2.24. The number of aryl methyl sites for hydroxylation is 1. The molecule has 3 aromatic rings. The summed E-state index contributed by atoms with van der Waals surface area (Å²) in [6.07, 6.45) is 7.62. The molecular weight excluding hydrogens is 522 g/mol. The highest BCUT2D eigenvalue weighted by Crippen LogP contribution is 2.29. The fourth-order valence-corrected chi connectivity index (χ4v) is 7.06. The maximum atomic E-state index is 13.0. The van der Waals surface area contributed by atoms with Crippen molar-refractivity contribution in [3.63, 3.8) is 0 Å². The summed E-state index contributed by atoms with van der Waals surface area (Å²) in [6.45, 7) is 2.12. The van der Waals surface area contributed by atoms with Gasteiger partial charge >= 0.3 is 0 Å². The molecule has 0 aliphatic heterocycles. The van der Waals surface area contributed by atoms with Crippen LogP contribution < -0.4 is 5.32 Å². The van der Waals surface area contributed by atoms with Gasteiger partial charge in [0.25, 0.3) is 0 Å². The number of phenols is 1. The van der Waals surface area contributed by atoms with Gasteiger partial charge in [-0.25, -0.2) is 0 Å². The Kier molecular flexibility index (Phi) is 12.2. The van der Waals surface area contributed by atoms with Gasteiger partial charge in [0, 0.05) is 28.9 Å². The minimum Gasteiger partial charge on any atom is -0.508 e. The van der Waals surface area contributed by atoms with Crippen LogP contribution >= 0.6 is 0 Å². The summed E-state index contributed by atoms with van der Waals surface area (Å²) < 4.78 is 19.0. The molecule has 1 fully saturated rings. The van der Waals surface area contributed by atoms with Gasteiger partial charge in [-0.1, -0.05) is 61.4 Å². The summed E-state index contributed by atoms with van der Waals surface area (Å²) in [5, 5.41) is 33.0. The Morgan fingerprint density at radius 3 is 2.55 bits per heavy atom. The summed E-state index contributed by atoms with van der Waals surface area (Å²) >= 11 is 0. The lowest BCUT2D eigenvalue weighted by atomic mass is 10.0. The maximum Gasteiger partial charge on any atom is 0.121 e. The minimum absolute atomic E-state index is 0.0320. The quantitative estimate of drug-likeness (QED) is 0.175. The van der Waals surface area contributed by atoms with Crippen molar-refractivity contribution in [1.82, 2.24) is 5.32 Å². The van der Waals surface area contributed by atoms with E-state index in [0.29, 0.717) is 36.1 Å². The van der Waals surface area contributed by atoms with Gasteiger partial charge in [-0.15, -0.1) is 0 Å². The van der Waals surface area contributed by atoms with Crippen LogP contribution in [0, 0.1) is 0 Å². The highest BCUT2D eigenvalue weighted by atomic mass is 32.2. The smallest absolute Gasteiger partial charge is 0.121 e. The van der Waals surface area contributed by atoms with Crippen LogP contribution in [0.4, 0.5) is 0 Å². The van der Waals surface area contributed by atoms with Crippen LogP contribution in [0.2, 0.25) is 0 Å². The van der Waals surface area contributed by atoms with Crippen LogP contribution in [0.5, 0.6) is 5.75 Å². The predicted molar refractivity (Wildman–Crippen MR) is 160 cm³/mol. The van der Waals surface area contributed by atoms with E-state index in [9.17, 15) is 19.5 Å². The highest BCUT2D eigenvalue weighted by molar-refractivity contribution is 7.85. The summed E-state index contributed by atoms with van der Waals surface area (Å²) in [7, 11) is -0.888. The second-order valence-corrected chi connectivity index (χ2v) is 12.4. The average Bonchev–Trinajstić information content (AvgIpc) is 3.53. The van der Waals surface area contributed by atoms with Gasteiger partial charge in [0.15, 0.2) is 0 Å². The van der Waals surface area contributed by atoms with Crippen molar-refractivity contribution in [3.05, 3.63) is 94.5 Å². The van der Waals surface area contributed by atoms with Crippen LogP contribution in [0.1, 0.15) is 72.4 Å².